The molecule has 13 heavy (non-hydrogen) atoms. The van der Waals surface area contributed by atoms with Crippen molar-refractivity contribution in [3.8, 4) is 0 Å². The van der Waals surface area contributed by atoms with Gasteiger partial charge in [-0.25, -0.2) is 0 Å². The topological polar surface area (TPSA) is 49.2 Å². The number of aliphatic hydroxyl groups is 1. The summed E-state index contributed by atoms with van der Waals surface area (Å²) in [5, 5.41) is 16.7. The largest absolute Gasteiger partial charge is 0.395 e. The first kappa shape index (κ1) is 8.44. The van der Waals surface area contributed by atoms with Crippen LogP contribution in [-0.4, -0.2) is 34.5 Å². The normalized spacial score (nSPS) is 15.8. The Kier molecular flexibility index (Phi) is 2.40. The quantitative estimate of drug-likeness (QED) is 0.728. The lowest BCUT2D eigenvalue weighted by Gasteiger charge is -2.21. The van der Waals surface area contributed by atoms with Crippen LogP contribution in [0.1, 0.15) is 12.8 Å². The number of rotatable bonds is 4. The average molecular weight is 179 g/mol. The molecule has 1 N–H and O–H groups in total. The smallest absolute Gasteiger partial charge is 0.151 e. The molecule has 0 bridgehead atoms. The van der Waals surface area contributed by atoms with Crippen LogP contribution in [0.5, 0.6) is 0 Å². The van der Waals surface area contributed by atoms with Crippen molar-refractivity contribution >= 4 is 5.82 Å². The van der Waals surface area contributed by atoms with Gasteiger partial charge in [-0.15, -0.1) is 5.10 Å². The molecule has 0 radical (unpaired) electrons. The Morgan fingerprint density at radius 2 is 2.38 bits per heavy atom. The predicted molar refractivity (Wildman–Crippen MR) is 49.5 cm³/mol. The van der Waals surface area contributed by atoms with E-state index in [4.69, 9.17) is 5.11 Å². The second kappa shape index (κ2) is 3.70. The monoisotopic (exact) mass is 179 g/mol. The van der Waals surface area contributed by atoms with Crippen LogP contribution in [0.25, 0.3) is 0 Å². The summed E-state index contributed by atoms with van der Waals surface area (Å²) in [6.45, 7) is 0.830. The molecule has 4 heteroatoms. The number of nitrogens with zero attached hydrogens (tertiary/aromatic N) is 3. The SMILES string of the molecule is OCCN(c1cccnn1)C1CC1. The van der Waals surface area contributed by atoms with Gasteiger partial charge in [-0.1, -0.05) is 0 Å². The maximum Gasteiger partial charge on any atom is 0.151 e. The Morgan fingerprint density at radius 3 is 2.92 bits per heavy atom. The van der Waals surface area contributed by atoms with Crippen molar-refractivity contribution in [1.29, 1.82) is 0 Å². The minimum atomic E-state index is 0.174. The van der Waals surface area contributed by atoms with Gasteiger partial charge in [0.05, 0.1) is 6.61 Å². The molecule has 1 saturated carbocycles. The van der Waals surface area contributed by atoms with Gasteiger partial charge >= 0.3 is 0 Å². The zero-order valence-electron chi connectivity index (χ0n) is 7.43. The first-order chi connectivity index (χ1) is 6.42. The molecular weight excluding hydrogens is 166 g/mol. The zero-order chi connectivity index (χ0) is 9.10. The fourth-order valence-corrected chi connectivity index (χ4v) is 1.42. The van der Waals surface area contributed by atoms with E-state index in [-0.39, 0.29) is 6.61 Å². The molecule has 70 valence electrons. The maximum absolute atomic E-state index is 8.88. The van der Waals surface area contributed by atoms with Crippen LogP contribution in [0, 0.1) is 0 Å². The first-order valence-corrected chi connectivity index (χ1v) is 4.57. The lowest BCUT2D eigenvalue weighted by atomic mass is 10.4. The Hall–Kier alpha value is -1.16. The molecule has 0 amide bonds. The van der Waals surface area contributed by atoms with Gasteiger partial charge < -0.3 is 10.0 Å². The van der Waals surface area contributed by atoms with E-state index in [0.29, 0.717) is 12.6 Å². The Balaban J connectivity index is 2.10. The van der Waals surface area contributed by atoms with E-state index in [0.717, 1.165) is 5.82 Å². The van der Waals surface area contributed by atoms with Gasteiger partial charge in [-0.2, -0.15) is 5.10 Å². The lowest BCUT2D eigenvalue weighted by molar-refractivity contribution is 0.301. The van der Waals surface area contributed by atoms with Gasteiger partial charge in [-0.3, -0.25) is 0 Å². The van der Waals surface area contributed by atoms with Gasteiger partial charge in [0, 0.05) is 18.8 Å². The van der Waals surface area contributed by atoms with E-state index in [1.807, 2.05) is 12.1 Å². The predicted octanol–water partition coefficient (Wildman–Crippen LogP) is 0.438. The Labute approximate surface area is 77.2 Å². The van der Waals surface area contributed by atoms with Crippen LogP contribution in [0.15, 0.2) is 18.3 Å². The number of aromatic nitrogens is 2. The van der Waals surface area contributed by atoms with Crippen molar-refractivity contribution in [2.45, 2.75) is 18.9 Å². The molecule has 1 aromatic heterocycles. The molecule has 0 aromatic carbocycles. The Bertz CT molecular complexity index is 261. The highest BCUT2D eigenvalue weighted by molar-refractivity contribution is 5.39. The van der Waals surface area contributed by atoms with Crippen molar-refractivity contribution in [2.75, 3.05) is 18.1 Å². The summed E-state index contributed by atoms with van der Waals surface area (Å²) in [7, 11) is 0. The fraction of sp³-hybridized carbons (Fsp3) is 0.556. The molecule has 0 unspecified atom stereocenters. The van der Waals surface area contributed by atoms with E-state index in [2.05, 4.69) is 15.1 Å². The molecule has 1 aliphatic carbocycles. The first-order valence-electron chi connectivity index (χ1n) is 4.57. The highest BCUT2D eigenvalue weighted by Crippen LogP contribution is 2.29. The standard InChI is InChI=1S/C9H13N3O/c13-7-6-12(8-3-4-8)9-2-1-5-10-11-9/h1-2,5,8,13H,3-4,6-7H2. The van der Waals surface area contributed by atoms with Gasteiger partial charge in [0.2, 0.25) is 0 Å². The van der Waals surface area contributed by atoms with Crippen LogP contribution >= 0.6 is 0 Å². The van der Waals surface area contributed by atoms with E-state index in [9.17, 15) is 0 Å². The molecule has 0 aliphatic heterocycles. The van der Waals surface area contributed by atoms with Gasteiger partial charge in [0.25, 0.3) is 0 Å². The second-order valence-electron chi connectivity index (χ2n) is 3.23. The molecule has 4 nitrogen and oxygen atoms in total. The molecule has 2 rings (SSSR count). The number of aliphatic hydroxyl groups excluding tert-OH is 1. The van der Waals surface area contributed by atoms with E-state index in [1.54, 1.807) is 6.20 Å². The van der Waals surface area contributed by atoms with Crippen molar-refractivity contribution < 1.29 is 5.11 Å². The van der Waals surface area contributed by atoms with Crippen molar-refractivity contribution in [1.82, 2.24) is 10.2 Å². The summed E-state index contributed by atoms with van der Waals surface area (Å²) in [5.74, 6) is 0.874. The van der Waals surface area contributed by atoms with Crippen LogP contribution < -0.4 is 4.90 Å². The summed E-state index contributed by atoms with van der Waals surface area (Å²) < 4.78 is 0. The van der Waals surface area contributed by atoms with Gasteiger partial charge in [0.15, 0.2) is 5.82 Å². The van der Waals surface area contributed by atoms with Gasteiger partial charge in [0.1, 0.15) is 0 Å². The van der Waals surface area contributed by atoms with Crippen LogP contribution in [-0.2, 0) is 0 Å². The van der Waals surface area contributed by atoms with E-state index in [1.165, 1.54) is 12.8 Å². The van der Waals surface area contributed by atoms with Crippen LogP contribution in [0.3, 0.4) is 0 Å². The number of anilines is 1. The van der Waals surface area contributed by atoms with E-state index >= 15 is 0 Å². The van der Waals surface area contributed by atoms with Crippen molar-refractivity contribution in [3.63, 3.8) is 0 Å². The molecule has 0 spiro atoms. The molecule has 1 aliphatic rings. The Morgan fingerprint density at radius 1 is 1.54 bits per heavy atom. The third-order valence-electron chi connectivity index (χ3n) is 2.18. The minimum absolute atomic E-state index is 0.174. The minimum Gasteiger partial charge on any atom is -0.395 e. The summed E-state index contributed by atoms with van der Waals surface area (Å²) >= 11 is 0. The summed E-state index contributed by atoms with van der Waals surface area (Å²) in [5.41, 5.74) is 0. The fourth-order valence-electron chi connectivity index (χ4n) is 1.42. The highest BCUT2D eigenvalue weighted by Gasteiger charge is 2.29. The molecule has 1 heterocycles. The average Bonchev–Trinajstić information content (AvgIpc) is 2.99. The summed E-state index contributed by atoms with van der Waals surface area (Å²) in [6.07, 6.45) is 4.07. The zero-order valence-corrected chi connectivity index (χ0v) is 7.43. The molecule has 1 aromatic rings. The van der Waals surface area contributed by atoms with Crippen molar-refractivity contribution in [3.05, 3.63) is 18.3 Å². The molecular formula is C9H13N3O. The number of hydrogen-bond acceptors (Lipinski definition) is 4. The van der Waals surface area contributed by atoms with Crippen LogP contribution in [0.2, 0.25) is 0 Å². The summed E-state index contributed by atoms with van der Waals surface area (Å²) in [4.78, 5) is 2.12. The molecule has 0 saturated heterocycles. The third-order valence-corrected chi connectivity index (χ3v) is 2.18. The lowest BCUT2D eigenvalue weighted by Crippen LogP contribution is -2.29. The van der Waals surface area contributed by atoms with E-state index < -0.39 is 0 Å². The van der Waals surface area contributed by atoms with Crippen molar-refractivity contribution in [2.24, 2.45) is 0 Å². The molecule has 0 atom stereocenters. The highest BCUT2D eigenvalue weighted by atomic mass is 16.3. The second-order valence-corrected chi connectivity index (χ2v) is 3.23. The van der Waals surface area contributed by atoms with Gasteiger partial charge in [-0.05, 0) is 25.0 Å². The van der Waals surface area contributed by atoms with Crippen LogP contribution in [0.4, 0.5) is 5.82 Å². The number of hydrogen-bond donors (Lipinski definition) is 1. The maximum atomic E-state index is 8.88. The third kappa shape index (κ3) is 1.95. The summed E-state index contributed by atoms with van der Waals surface area (Å²) in [6, 6.07) is 4.37. The molecule has 1 fully saturated rings.